The third-order valence-electron chi connectivity index (χ3n) is 5.98. The number of rotatable bonds is 1. The number of benzene rings is 3. The van der Waals surface area contributed by atoms with E-state index < -0.39 is 23.3 Å². The monoisotopic (exact) mass is 386 g/mol. The van der Waals surface area contributed by atoms with Crippen molar-refractivity contribution in [1.29, 1.82) is 0 Å². The molecule has 0 N–H and O–H groups in total. The van der Waals surface area contributed by atoms with Crippen molar-refractivity contribution >= 4 is 28.7 Å². The summed E-state index contributed by atoms with van der Waals surface area (Å²) in [5.41, 5.74) is 4.48. The second-order valence-corrected chi connectivity index (χ2v) is 8.10. The van der Waals surface area contributed by atoms with E-state index in [0.29, 0.717) is 16.9 Å². The maximum atomic E-state index is 12.6. The van der Waals surface area contributed by atoms with Gasteiger partial charge in [-0.3, -0.25) is 4.79 Å². The molecule has 5 rings (SSSR count). The van der Waals surface area contributed by atoms with Crippen molar-refractivity contribution in [1.82, 2.24) is 0 Å². The predicted octanol–water partition coefficient (Wildman–Crippen LogP) is 4.69. The molecule has 0 saturated heterocycles. The third kappa shape index (κ3) is 2.18. The van der Waals surface area contributed by atoms with Crippen LogP contribution in [-0.2, 0) is 14.9 Å². The maximum Gasteiger partial charge on any atom is 0.347 e. The molecule has 5 nitrogen and oxygen atoms in total. The fourth-order valence-electron chi connectivity index (χ4n) is 4.71. The van der Waals surface area contributed by atoms with Crippen LogP contribution in [0, 0.1) is 6.92 Å². The highest BCUT2D eigenvalue weighted by atomic mass is 16.6. The maximum absolute atomic E-state index is 12.6. The van der Waals surface area contributed by atoms with Crippen LogP contribution in [-0.4, -0.2) is 17.9 Å². The van der Waals surface area contributed by atoms with E-state index in [1.807, 2.05) is 43.3 Å². The quantitative estimate of drug-likeness (QED) is 0.345. The third-order valence-corrected chi connectivity index (χ3v) is 5.98. The van der Waals surface area contributed by atoms with Crippen LogP contribution in [0.15, 0.2) is 36.4 Å². The lowest BCUT2D eigenvalue weighted by Gasteiger charge is -2.23. The van der Waals surface area contributed by atoms with Gasteiger partial charge in [-0.05, 0) is 40.6 Å². The number of cyclic esters (lactones) is 2. The van der Waals surface area contributed by atoms with Gasteiger partial charge in [-0.1, -0.05) is 44.2 Å². The van der Waals surface area contributed by atoms with Crippen LogP contribution in [0.25, 0.3) is 21.9 Å². The van der Waals surface area contributed by atoms with Gasteiger partial charge in [0, 0.05) is 23.3 Å². The van der Waals surface area contributed by atoms with Gasteiger partial charge >= 0.3 is 17.9 Å². The Balaban J connectivity index is 1.98. The highest BCUT2D eigenvalue weighted by Crippen LogP contribution is 2.56. The molecule has 29 heavy (non-hydrogen) atoms. The molecule has 3 aromatic carbocycles. The van der Waals surface area contributed by atoms with E-state index in [0.717, 1.165) is 38.6 Å². The number of fused-ring (bicyclic) bond motifs is 7. The van der Waals surface area contributed by atoms with Crippen molar-refractivity contribution in [2.45, 2.75) is 33.1 Å². The van der Waals surface area contributed by atoms with E-state index >= 15 is 0 Å². The molecular weight excluding hydrogens is 368 g/mol. The number of carbonyl (C=O) groups is 3. The summed E-state index contributed by atoms with van der Waals surface area (Å²) in [7, 11) is 0. The summed E-state index contributed by atoms with van der Waals surface area (Å²) in [6, 6.07) is 11.5. The topological polar surface area (TPSA) is 69.7 Å². The molecule has 5 heteroatoms. The van der Waals surface area contributed by atoms with Crippen molar-refractivity contribution in [3.63, 3.8) is 0 Å². The van der Waals surface area contributed by atoms with Gasteiger partial charge in [0.25, 0.3) is 0 Å². The number of hydrogen-bond acceptors (Lipinski definition) is 5. The summed E-state index contributed by atoms with van der Waals surface area (Å²) >= 11 is 0. The number of hydrogen-bond donors (Lipinski definition) is 0. The summed E-state index contributed by atoms with van der Waals surface area (Å²) in [5, 5.41) is 1.64. The fraction of sp³-hybridized carbons (Fsp3) is 0.208. The normalized spacial score (nSPS) is 15.7. The average molecular weight is 386 g/mol. The van der Waals surface area contributed by atoms with Gasteiger partial charge in [0.2, 0.25) is 0 Å². The first-order valence-corrected chi connectivity index (χ1v) is 9.41. The van der Waals surface area contributed by atoms with Gasteiger partial charge in [-0.15, -0.1) is 0 Å². The first-order chi connectivity index (χ1) is 13.7. The first kappa shape index (κ1) is 17.6. The molecule has 0 aromatic heterocycles. The van der Waals surface area contributed by atoms with Crippen LogP contribution in [0.3, 0.4) is 0 Å². The Morgan fingerprint density at radius 2 is 1.52 bits per heavy atom. The van der Waals surface area contributed by atoms with Crippen LogP contribution in [0.5, 0.6) is 5.75 Å². The van der Waals surface area contributed by atoms with Crippen LogP contribution in [0.2, 0.25) is 0 Å². The van der Waals surface area contributed by atoms with Crippen LogP contribution < -0.4 is 4.74 Å². The zero-order valence-corrected chi connectivity index (χ0v) is 16.5. The molecule has 3 aromatic rings. The summed E-state index contributed by atoms with van der Waals surface area (Å²) in [4.78, 5) is 36.6. The second kappa shape index (κ2) is 5.54. The van der Waals surface area contributed by atoms with E-state index in [2.05, 4.69) is 13.8 Å². The van der Waals surface area contributed by atoms with Crippen LogP contribution in [0.1, 0.15) is 58.2 Å². The number of aryl methyl sites for hydroxylation is 1. The molecule has 0 radical (unpaired) electrons. The highest BCUT2D eigenvalue weighted by Gasteiger charge is 2.45. The van der Waals surface area contributed by atoms with Crippen molar-refractivity contribution in [2.75, 3.05) is 0 Å². The molecule has 0 saturated carbocycles. The van der Waals surface area contributed by atoms with Crippen molar-refractivity contribution in [3.8, 4) is 16.9 Å². The number of ether oxygens (including phenoxy) is 2. The minimum absolute atomic E-state index is 0.335. The summed E-state index contributed by atoms with van der Waals surface area (Å²) in [6.07, 6.45) is 0. The Kier molecular flexibility index (Phi) is 3.36. The molecule has 0 spiro atoms. The zero-order chi connectivity index (χ0) is 20.7. The van der Waals surface area contributed by atoms with Crippen LogP contribution in [0.4, 0.5) is 0 Å². The van der Waals surface area contributed by atoms with Gasteiger partial charge in [0.1, 0.15) is 5.75 Å². The highest BCUT2D eigenvalue weighted by molar-refractivity contribution is 6.21. The molecular formula is C24H18O5. The molecule has 0 unspecified atom stereocenters. The minimum Gasteiger partial charge on any atom is -0.426 e. The summed E-state index contributed by atoms with van der Waals surface area (Å²) in [6.45, 7) is 7.33. The van der Waals surface area contributed by atoms with Crippen LogP contribution >= 0.6 is 0 Å². The molecule has 144 valence electrons. The van der Waals surface area contributed by atoms with Crippen molar-refractivity contribution in [3.05, 3.63) is 64.2 Å². The van der Waals surface area contributed by atoms with Gasteiger partial charge in [0.15, 0.2) is 0 Å². The summed E-state index contributed by atoms with van der Waals surface area (Å²) in [5.74, 6) is -1.12. The molecule has 0 fully saturated rings. The van der Waals surface area contributed by atoms with E-state index in [-0.39, 0.29) is 0 Å². The van der Waals surface area contributed by atoms with Gasteiger partial charge in [-0.25, -0.2) is 9.59 Å². The largest absolute Gasteiger partial charge is 0.426 e. The zero-order valence-electron chi connectivity index (χ0n) is 16.5. The fourth-order valence-corrected chi connectivity index (χ4v) is 4.71. The summed E-state index contributed by atoms with van der Waals surface area (Å²) < 4.78 is 10.5. The Morgan fingerprint density at radius 1 is 0.897 bits per heavy atom. The smallest absolute Gasteiger partial charge is 0.347 e. The Morgan fingerprint density at radius 3 is 2.21 bits per heavy atom. The van der Waals surface area contributed by atoms with Gasteiger partial charge in [-0.2, -0.15) is 0 Å². The molecule has 1 heterocycles. The predicted molar refractivity (Wildman–Crippen MR) is 107 cm³/mol. The van der Waals surface area contributed by atoms with E-state index in [1.165, 1.54) is 6.92 Å². The lowest BCUT2D eigenvalue weighted by Crippen LogP contribution is -2.16. The van der Waals surface area contributed by atoms with E-state index in [4.69, 9.17) is 9.47 Å². The van der Waals surface area contributed by atoms with Crippen molar-refractivity contribution < 1.29 is 23.9 Å². The number of carbonyl (C=O) groups excluding carboxylic acids is 3. The molecule has 0 atom stereocenters. The molecule has 2 aliphatic rings. The minimum atomic E-state index is -0.609. The molecule has 0 amide bonds. The number of esters is 3. The standard InChI is InChI=1S/C24H18O5/c1-11-9-15-20(21-18(11)22(26)29-23(21)27)19-14-8-6-5-7-13(14)17(28-12(2)25)10-16(19)24(15,3)4/h5-10H,1-4H3. The molecule has 1 aliphatic heterocycles. The molecule has 0 bridgehead atoms. The van der Waals surface area contributed by atoms with Gasteiger partial charge < -0.3 is 9.47 Å². The Hall–Kier alpha value is -3.47. The van der Waals surface area contributed by atoms with E-state index in [1.54, 1.807) is 0 Å². The Bertz CT molecular complexity index is 1300. The molecule has 1 aliphatic carbocycles. The SMILES string of the molecule is CC(=O)Oc1cc2c(c3ccccc13)-c1c(cc(C)c3c1C(=O)OC3=O)C2(C)C. The van der Waals surface area contributed by atoms with E-state index in [9.17, 15) is 14.4 Å². The van der Waals surface area contributed by atoms with Gasteiger partial charge in [0.05, 0.1) is 11.1 Å². The Labute approximate surface area is 167 Å². The second-order valence-electron chi connectivity index (χ2n) is 8.10. The lowest BCUT2D eigenvalue weighted by atomic mass is 9.80. The average Bonchev–Trinajstić information content (AvgIpc) is 3.07. The van der Waals surface area contributed by atoms with Crippen molar-refractivity contribution in [2.24, 2.45) is 0 Å². The first-order valence-electron chi connectivity index (χ1n) is 9.41. The lowest BCUT2D eigenvalue weighted by molar-refractivity contribution is -0.131.